The summed E-state index contributed by atoms with van der Waals surface area (Å²) in [5.41, 5.74) is 7.27. The molecule has 0 aliphatic carbocycles. The van der Waals surface area contributed by atoms with E-state index in [1.54, 1.807) is 0 Å². The number of benzene rings is 1. The second kappa shape index (κ2) is 5.50. The van der Waals surface area contributed by atoms with Gasteiger partial charge in [0.1, 0.15) is 0 Å². The third kappa shape index (κ3) is 2.54. The normalized spacial score (nSPS) is 18.3. The number of nitrogens with two attached hydrogens (primary N) is 1. The maximum atomic E-state index is 12.4. The summed E-state index contributed by atoms with van der Waals surface area (Å²) in [4.78, 5) is 12.4. The maximum absolute atomic E-state index is 12.4. The number of carbonyl (C=O) groups is 1. The van der Waals surface area contributed by atoms with Crippen molar-refractivity contribution >= 4 is 11.6 Å². The smallest absolute Gasteiger partial charge is 0.232 e. The van der Waals surface area contributed by atoms with Crippen LogP contribution in [0.1, 0.15) is 18.4 Å². The molecule has 98 valence electrons. The molecule has 1 amide bonds. The molecule has 0 unspecified atom stereocenters. The zero-order valence-electron chi connectivity index (χ0n) is 10.7. The third-order valence-electron chi connectivity index (χ3n) is 3.72. The molecule has 0 bridgehead atoms. The lowest BCUT2D eigenvalue weighted by molar-refractivity contribution is -0.130. The SMILES string of the molecule is Cc1ccccc1NC(=O)C1(CN)CCOCC1. The lowest BCUT2D eigenvalue weighted by atomic mass is 9.79. The lowest BCUT2D eigenvalue weighted by Gasteiger charge is -2.34. The molecule has 3 N–H and O–H groups in total. The molecule has 0 aromatic heterocycles. The molecule has 18 heavy (non-hydrogen) atoms. The first-order valence-electron chi connectivity index (χ1n) is 6.33. The van der Waals surface area contributed by atoms with Crippen molar-refractivity contribution in [3.63, 3.8) is 0 Å². The van der Waals surface area contributed by atoms with Crippen molar-refractivity contribution in [2.75, 3.05) is 25.1 Å². The Morgan fingerprint density at radius 3 is 2.67 bits per heavy atom. The van der Waals surface area contributed by atoms with E-state index < -0.39 is 5.41 Å². The standard InChI is InChI=1S/C14H20N2O2/c1-11-4-2-3-5-12(11)16-13(17)14(10-15)6-8-18-9-7-14/h2-5H,6-10,15H2,1H3,(H,16,17). The Hall–Kier alpha value is -1.39. The number of para-hydroxylation sites is 1. The Bertz CT molecular complexity index is 426. The van der Waals surface area contributed by atoms with Crippen LogP contribution in [0.15, 0.2) is 24.3 Å². The summed E-state index contributed by atoms with van der Waals surface area (Å²) in [7, 11) is 0. The molecular weight excluding hydrogens is 228 g/mol. The number of carbonyl (C=O) groups excluding carboxylic acids is 1. The van der Waals surface area contributed by atoms with Crippen LogP contribution in [0, 0.1) is 12.3 Å². The van der Waals surface area contributed by atoms with E-state index in [1.165, 1.54) is 0 Å². The molecule has 1 aromatic rings. The Morgan fingerprint density at radius 2 is 2.06 bits per heavy atom. The fourth-order valence-electron chi connectivity index (χ4n) is 2.25. The third-order valence-corrected chi connectivity index (χ3v) is 3.72. The largest absolute Gasteiger partial charge is 0.381 e. The maximum Gasteiger partial charge on any atom is 0.232 e. The van der Waals surface area contributed by atoms with E-state index in [-0.39, 0.29) is 5.91 Å². The van der Waals surface area contributed by atoms with Gasteiger partial charge in [-0.1, -0.05) is 18.2 Å². The fourth-order valence-corrected chi connectivity index (χ4v) is 2.25. The minimum absolute atomic E-state index is 0.0163. The van der Waals surface area contributed by atoms with E-state index >= 15 is 0 Å². The number of rotatable bonds is 3. The highest BCUT2D eigenvalue weighted by molar-refractivity contribution is 5.96. The minimum Gasteiger partial charge on any atom is -0.381 e. The molecule has 0 spiro atoms. The van der Waals surface area contributed by atoms with Gasteiger partial charge in [0.25, 0.3) is 0 Å². The molecule has 0 saturated carbocycles. The van der Waals surface area contributed by atoms with Crippen LogP contribution in [0.2, 0.25) is 0 Å². The molecule has 1 aliphatic rings. The Kier molecular flexibility index (Phi) is 3.99. The van der Waals surface area contributed by atoms with Gasteiger partial charge in [-0.05, 0) is 31.4 Å². The van der Waals surface area contributed by atoms with E-state index in [2.05, 4.69) is 5.32 Å². The topological polar surface area (TPSA) is 64.4 Å². The molecule has 1 fully saturated rings. The van der Waals surface area contributed by atoms with Crippen LogP contribution >= 0.6 is 0 Å². The number of nitrogens with one attached hydrogen (secondary N) is 1. The van der Waals surface area contributed by atoms with Crippen LogP contribution in [0.5, 0.6) is 0 Å². The fraction of sp³-hybridized carbons (Fsp3) is 0.500. The molecule has 4 nitrogen and oxygen atoms in total. The molecule has 0 radical (unpaired) electrons. The Labute approximate surface area is 108 Å². The van der Waals surface area contributed by atoms with Crippen LogP contribution in [0.4, 0.5) is 5.69 Å². The zero-order chi connectivity index (χ0) is 13.0. The molecular formula is C14H20N2O2. The van der Waals surface area contributed by atoms with Crippen molar-refractivity contribution in [1.82, 2.24) is 0 Å². The summed E-state index contributed by atoms with van der Waals surface area (Å²) in [5, 5.41) is 3.00. The zero-order valence-corrected chi connectivity index (χ0v) is 10.7. The minimum atomic E-state index is -0.472. The predicted molar refractivity (Wildman–Crippen MR) is 71.3 cm³/mol. The van der Waals surface area contributed by atoms with Gasteiger partial charge in [0.15, 0.2) is 0 Å². The van der Waals surface area contributed by atoms with Crippen LogP contribution in [0.3, 0.4) is 0 Å². The molecule has 1 aromatic carbocycles. The van der Waals surface area contributed by atoms with E-state index in [0.717, 1.165) is 11.3 Å². The highest BCUT2D eigenvalue weighted by atomic mass is 16.5. The van der Waals surface area contributed by atoms with Crippen molar-refractivity contribution in [3.8, 4) is 0 Å². The second-order valence-corrected chi connectivity index (χ2v) is 4.87. The van der Waals surface area contributed by atoms with E-state index in [1.807, 2.05) is 31.2 Å². The van der Waals surface area contributed by atoms with Crippen LogP contribution < -0.4 is 11.1 Å². The summed E-state index contributed by atoms with van der Waals surface area (Å²) >= 11 is 0. The van der Waals surface area contributed by atoms with E-state index in [0.29, 0.717) is 32.6 Å². The van der Waals surface area contributed by atoms with Crippen LogP contribution in [-0.4, -0.2) is 25.7 Å². The molecule has 2 rings (SSSR count). The Balaban J connectivity index is 2.13. The van der Waals surface area contributed by atoms with Crippen molar-refractivity contribution in [1.29, 1.82) is 0 Å². The lowest BCUT2D eigenvalue weighted by Crippen LogP contribution is -2.46. The van der Waals surface area contributed by atoms with Crippen LogP contribution in [0.25, 0.3) is 0 Å². The van der Waals surface area contributed by atoms with Crippen molar-refractivity contribution in [2.45, 2.75) is 19.8 Å². The first-order chi connectivity index (χ1) is 8.68. The summed E-state index contributed by atoms with van der Waals surface area (Å²) in [6, 6.07) is 7.77. The van der Waals surface area contributed by atoms with Gasteiger partial charge in [-0.25, -0.2) is 0 Å². The number of hydrogen-bond donors (Lipinski definition) is 2. The summed E-state index contributed by atoms with van der Waals surface area (Å²) in [5.74, 6) is 0.0163. The average molecular weight is 248 g/mol. The van der Waals surface area contributed by atoms with Crippen LogP contribution in [-0.2, 0) is 9.53 Å². The predicted octanol–water partition coefficient (Wildman–Crippen LogP) is 1.69. The summed E-state index contributed by atoms with van der Waals surface area (Å²) < 4.78 is 5.32. The highest BCUT2D eigenvalue weighted by Crippen LogP contribution is 2.31. The van der Waals surface area contributed by atoms with E-state index in [4.69, 9.17) is 10.5 Å². The molecule has 4 heteroatoms. The quantitative estimate of drug-likeness (QED) is 0.855. The van der Waals surface area contributed by atoms with Gasteiger partial charge in [-0.3, -0.25) is 4.79 Å². The van der Waals surface area contributed by atoms with Gasteiger partial charge in [0.05, 0.1) is 5.41 Å². The number of ether oxygens (including phenoxy) is 1. The first kappa shape index (κ1) is 13.1. The van der Waals surface area contributed by atoms with Crippen molar-refractivity contribution < 1.29 is 9.53 Å². The van der Waals surface area contributed by atoms with Gasteiger partial charge < -0.3 is 15.8 Å². The molecule has 1 saturated heterocycles. The highest BCUT2D eigenvalue weighted by Gasteiger charge is 2.38. The van der Waals surface area contributed by atoms with Gasteiger partial charge in [-0.15, -0.1) is 0 Å². The summed E-state index contributed by atoms with van der Waals surface area (Å²) in [6.45, 7) is 3.57. The van der Waals surface area contributed by atoms with Gasteiger partial charge >= 0.3 is 0 Å². The second-order valence-electron chi connectivity index (χ2n) is 4.87. The number of anilines is 1. The molecule has 0 atom stereocenters. The van der Waals surface area contributed by atoms with Gasteiger partial charge in [0, 0.05) is 25.4 Å². The first-order valence-corrected chi connectivity index (χ1v) is 6.33. The van der Waals surface area contributed by atoms with Crippen molar-refractivity contribution in [2.24, 2.45) is 11.1 Å². The number of aryl methyl sites for hydroxylation is 1. The number of hydrogen-bond acceptors (Lipinski definition) is 3. The van der Waals surface area contributed by atoms with Crippen molar-refractivity contribution in [3.05, 3.63) is 29.8 Å². The monoisotopic (exact) mass is 248 g/mol. The summed E-state index contributed by atoms with van der Waals surface area (Å²) in [6.07, 6.45) is 1.39. The van der Waals surface area contributed by atoms with E-state index in [9.17, 15) is 4.79 Å². The van der Waals surface area contributed by atoms with Gasteiger partial charge in [-0.2, -0.15) is 0 Å². The average Bonchev–Trinajstić information content (AvgIpc) is 2.42. The number of amides is 1. The molecule has 1 aliphatic heterocycles. The Morgan fingerprint density at radius 1 is 1.39 bits per heavy atom. The molecule has 1 heterocycles. The van der Waals surface area contributed by atoms with Gasteiger partial charge in [0.2, 0.25) is 5.91 Å².